The van der Waals surface area contributed by atoms with Crippen molar-refractivity contribution in [2.24, 2.45) is 0 Å². The van der Waals surface area contributed by atoms with Gasteiger partial charge in [-0.15, -0.1) is 0 Å². The second-order valence-electron chi connectivity index (χ2n) is 1.72. The molecule has 0 aliphatic rings. The van der Waals surface area contributed by atoms with Crippen molar-refractivity contribution in [1.29, 1.82) is 0 Å². The predicted molar refractivity (Wildman–Crippen MR) is 33.0 cm³/mol. The molecule has 0 bridgehead atoms. The normalized spacial score (nSPS) is 13.9. The minimum Gasteiger partial charge on any atom is -0.382 e. The Labute approximate surface area is 50.8 Å². The van der Waals surface area contributed by atoms with Gasteiger partial charge in [0.25, 0.3) is 0 Å². The lowest BCUT2D eigenvalue weighted by atomic mass is 10.4. The summed E-state index contributed by atoms with van der Waals surface area (Å²) in [6.07, 6.45) is 0.241. The molecule has 0 radical (unpaired) electrons. The molecule has 0 aliphatic carbocycles. The van der Waals surface area contributed by atoms with Gasteiger partial charge in [0.05, 0.1) is 12.7 Å². The Bertz CT molecular complexity index is 39.8. The van der Waals surface area contributed by atoms with Crippen LogP contribution in [0.4, 0.5) is 0 Å². The van der Waals surface area contributed by atoms with Crippen LogP contribution in [0, 0.1) is 0 Å². The van der Waals surface area contributed by atoms with Crippen LogP contribution in [0.15, 0.2) is 0 Å². The van der Waals surface area contributed by atoms with E-state index in [0.29, 0.717) is 6.61 Å². The van der Waals surface area contributed by atoms with Crippen molar-refractivity contribution in [2.45, 2.75) is 20.0 Å². The van der Waals surface area contributed by atoms with Crippen LogP contribution in [-0.4, -0.2) is 26.4 Å². The van der Waals surface area contributed by atoms with Gasteiger partial charge in [0.1, 0.15) is 0 Å². The van der Waals surface area contributed by atoms with Crippen molar-refractivity contribution in [3.8, 4) is 0 Å². The summed E-state index contributed by atoms with van der Waals surface area (Å²) in [7, 11) is 1.68. The zero-order chi connectivity index (χ0) is 6.41. The lowest BCUT2D eigenvalue weighted by molar-refractivity contribution is 0.0155. The lowest BCUT2D eigenvalue weighted by Gasteiger charge is -2.08. The zero-order valence-electron chi connectivity index (χ0n) is 5.81. The van der Waals surface area contributed by atoms with Crippen LogP contribution in [0.2, 0.25) is 0 Å². The van der Waals surface area contributed by atoms with Crippen molar-refractivity contribution >= 4 is 0 Å². The zero-order valence-corrected chi connectivity index (χ0v) is 5.81. The van der Waals surface area contributed by atoms with E-state index in [0.717, 1.165) is 6.61 Å². The number of ether oxygens (including phenoxy) is 2. The fraction of sp³-hybridized carbons (Fsp3) is 1.00. The molecule has 0 fully saturated rings. The van der Waals surface area contributed by atoms with E-state index in [1.54, 1.807) is 7.11 Å². The molecule has 1 atom stereocenters. The molecule has 0 aromatic carbocycles. The van der Waals surface area contributed by atoms with Crippen LogP contribution in [0.1, 0.15) is 13.8 Å². The third-order valence-corrected chi connectivity index (χ3v) is 0.853. The average molecular weight is 118 g/mol. The second kappa shape index (κ2) is 5.06. The highest BCUT2D eigenvalue weighted by molar-refractivity contribution is 4.43. The topological polar surface area (TPSA) is 18.5 Å². The molecule has 0 rings (SSSR count). The molecule has 0 heterocycles. The molecular weight excluding hydrogens is 104 g/mol. The molecule has 0 spiro atoms. The highest BCUT2D eigenvalue weighted by atomic mass is 16.5. The summed E-state index contributed by atoms with van der Waals surface area (Å²) in [6, 6.07) is 0. The fourth-order valence-electron chi connectivity index (χ4n) is 0.567. The fourth-order valence-corrected chi connectivity index (χ4v) is 0.567. The van der Waals surface area contributed by atoms with Gasteiger partial charge in [-0.3, -0.25) is 0 Å². The third-order valence-electron chi connectivity index (χ3n) is 0.853. The monoisotopic (exact) mass is 118 g/mol. The van der Waals surface area contributed by atoms with Gasteiger partial charge >= 0.3 is 0 Å². The summed E-state index contributed by atoms with van der Waals surface area (Å²) < 4.78 is 9.99. The van der Waals surface area contributed by atoms with Gasteiger partial charge in [-0.05, 0) is 13.8 Å². The molecule has 8 heavy (non-hydrogen) atoms. The first-order valence-corrected chi connectivity index (χ1v) is 2.91. The molecule has 0 saturated heterocycles. The SMILES string of the molecule is CCOC(C)COC. The van der Waals surface area contributed by atoms with Crippen molar-refractivity contribution in [1.82, 2.24) is 0 Å². The van der Waals surface area contributed by atoms with Gasteiger partial charge < -0.3 is 9.47 Å². The first kappa shape index (κ1) is 7.92. The molecule has 0 saturated carbocycles. The van der Waals surface area contributed by atoms with Gasteiger partial charge in [-0.1, -0.05) is 0 Å². The number of hydrogen-bond acceptors (Lipinski definition) is 2. The number of methoxy groups -OCH3 is 1. The van der Waals surface area contributed by atoms with Crippen molar-refractivity contribution in [3.63, 3.8) is 0 Å². The van der Waals surface area contributed by atoms with E-state index in [1.807, 2.05) is 13.8 Å². The number of hydrogen-bond donors (Lipinski definition) is 0. The van der Waals surface area contributed by atoms with Crippen LogP contribution in [0.3, 0.4) is 0 Å². The standard InChI is InChI=1S/C6H14O2/c1-4-8-6(2)5-7-3/h6H,4-5H2,1-3H3. The minimum atomic E-state index is 0.241. The second-order valence-corrected chi connectivity index (χ2v) is 1.72. The summed E-state index contributed by atoms with van der Waals surface area (Å²) in [4.78, 5) is 0. The maximum Gasteiger partial charge on any atom is 0.0780 e. The Balaban J connectivity index is 2.92. The van der Waals surface area contributed by atoms with E-state index in [9.17, 15) is 0 Å². The smallest absolute Gasteiger partial charge is 0.0780 e. The Morgan fingerprint density at radius 3 is 2.50 bits per heavy atom. The predicted octanol–water partition coefficient (Wildman–Crippen LogP) is 1.06. The van der Waals surface area contributed by atoms with Gasteiger partial charge in [0, 0.05) is 13.7 Å². The van der Waals surface area contributed by atoms with Gasteiger partial charge in [0.15, 0.2) is 0 Å². The van der Waals surface area contributed by atoms with Crippen LogP contribution in [0.25, 0.3) is 0 Å². The van der Waals surface area contributed by atoms with Gasteiger partial charge in [0.2, 0.25) is 0 Å². The number of rotatable bonds is 4. The van der Waals surface area contributed by atoms with E-state index in [2.05, 4.69) is 0 Å². The van der Waals surface area contributed by atoms with Crippen molar-refractivity contribution < 1.29 is 9.47 Å². The Morgan fingerprint density at radius 1 is 1.50 bits per heavy atom. The van der Waals surface area contributed by atoms with Gasteiger partial charge in [-0.2, -0.15) is 0 Å². The summed E-state index contributed by atoms with van der Waals surface area (Å²) in [5, 5.41) is 0. The van der Waals surface area contributed by atoms with Crippen LogP contribution in [0.5, 0.6) is 0 Å². The van der Waals surface area contributed by atoms with Crippen molar-refractivity contribution in [2.75, 3.05) is 20.3 Å². The molecule has 1 unspecified atom stereocenters. The van der Waals surface area contributed by atoms with Crippen LogP contribution in [-0.2, 0) is 9.47 Å². The van der Waals surface area contributed by atoms with Crippen LogP contribution < -0.4 is 0 Å². The average Bonchev–Trinajstić information content (AvgIpc) is 1.68. The molecule has 0 N–H and O–H groups in total. The van der Waals surface area contributed by atoms with E-state index in [-0.39, 0.29) is 6.10 Å². The van der Waals surface area contributed by atoms with E-state index in [4.69, 9.17) is 9.47 Å². The minimum absolute atomic E-state index is 0.241. The first-order valence-electron chi connectivity index (χ1n) is 2.91. The molecule has 0 aliphatic heterocycles. The highest BCUT2D eigenvalue weighted by Gasteiger charge is 1.96. The quantitative estimate of drug-likeness (QED) is 0.549. The lowest BCUT2D eigenvalue weighted by Crippen LogP contribution is -2.13. The molecule has 0 aromatic heterocycles. The van der Waals surface area contributed by atoms with Gasteiger partial charge in [-0.25, -0.2) is 0 Å². The largest absolute Gasteiger partial charge is 0.382 e. The summed E-state index contributed by atoms with van der Waals surface area (Å²) in [6.45, 7) is 5.43. The Hall–Kier alpha value is -0.0800. The molecule has 2 nitrogen and oxygen atoms in total. The maximum atomic E-state index is 5.16. The maximum absolute atomic E-state index is 5.16. The third kappa shape index (κ3) is 4.09. The van der Waals surface area contributed by atoms with E-state index in [1.165, 1.54) is 0 Å². The molecule has 0 amide bonds. The Kier molecular flexibility index (Phi) is 5.01. The first-order chi connectivity index (χ1) is 3.81. The molecule has 0 aromatic rings. The molecular formula is C6H14O2. The summed E-state index contributed by atoms with van der Waals surface area (Å²) >= 11 is 0. The summed E-state index contributed by atoms with van der Waals surface area (Å²) in [5.41, 5.74) is 0. The van der Waals surface area contributed by atoms with Crippen LogP contribution >= 0.6 is 0 Å². The Morgan fingerprint density at radius 2 is 2.12 bits per heavy atom. The molecule has 2 heteroatoms. The van der Waals surface area contributed by atoms with E-state index >= 15 is 0 Å². The van der Waals surface area contributed by atoms with Crippen molar-refractivity contribution in [3.05, 3.63) is 0 Å². The summed E-state index contributed by atoms with van der Waals surface area (Å²) in [5.74, 6) is 0. The highest BCUT2D eigenvalue weighted by Crippen LogP contribution is 1.88. The van der Waals surface area contributed by atoms with E-state index < -0.39 is 0 Å². The molecule has 50 valence electrons.